The smallest absolute Gasteiger partial charge is 0.274 e. The largest absolute Gasteiger partial charge is 0.366 e. The van der Waals surface area contributed by atoms with E-state index >= 15 is 0 Å². The van der Waals surface area contributed by atoms with Crippen LogP contribution in [0, 0.1) is 10.1 Å². The van der Waals surface area contributed by atoms with Crippen LogP contribution in [0.4, 0.5) is 5.69 Å². The molecule has 3 rings (SSSR count). The summed E-state index contributed by atoms with van der Waals surface area (Å²) in [4.78, 5) is 24.0. The standard InChI is InChI=1S/C16H17BrN4O5S2/c17-14-3-4-15(27-14)28(25,26)20-7-5-19(6-8-20)10-12-2-1-11(16(18)22)9-13(12)21(23)24/h1-4,9H,5-8,10H2,(H2,18,22). The van der Waals surface area contributed by atoms with Gasteiger partial charge in [0, 0.05) is 49.9 Å². The molecule has 1 aliphatic rings. The first-order valence-corrected chi connectivity index (χ1v) is 11.3. The summed E-state index contributed by atoms with van der Waals surface area (Å²) >= 11 is 4.43. The molecule has 1 aromatic heterocycles. The number of hydrogen-bond donors (Lipinski definition) is 1. The molecule has 28 heavy (non-hydrogen) atoms. The van der Waals surface area contributed by atoms with Crippen LogP contribution < -0.4 is 5.73 Å². The molecule has 0 bridgehead atoms. The minimum atomic E-state index is -3.54. The molecule has 2 N–H and O–H groups in total. The van der Waals surface area contributed by atoms with Crippen LogP contribution in [0.5, 0.6) is 0 Å². The van der Waals surface area contributed by atoms with Crippen LogP contribution in [0.25, 0.3) is 0 Å². The second-order valence-electron chi connectivity index (χ2n) is 6.20. The van der Waals surface area contributed by atoms with E-state index < -0.39 is 20.9 Å². The Morgan fingerprint density at radius 2 is 1.89 bits per heavy atom. The topological polar surface area (TPSA) is 127 Å². The number of hydrogen-bond acceptors (Lipinski definition) is 7. The number of rotatable bonds is 6. The Morgan fingerprint density at radius 3 is 2.43 bits per heavy atom. The molecule has 0 radical (unpaired) electrons. The third kappa shape index (κ3) is 4.41. The molecule has 2 aromatic rings. The van der Waals surface area contributed by atoms with Gasteiger partial charge >= 0.3 is 0 Å². The molecule has 1 amide bonds. The van der Waals surface area contributed by atoms with Crippen molar-refractivity contribution in [3.05, 3.63) is 55.4 Å². The number of nitrogens with two attached hydrogens (primary N) is 1. The van der Waals surface area contributed by atoms with Gasteiger partial charge in [0.1, 0.15) is 4.21 Å². The predicted molar refractivity (Wildman–Crippen MR) is 108 cm³/mol. The summed E-state index contributed by atoms with van der Waals surface area (Å²) in [6.45, 7) is 1.77. The lowest BCUT2D eigenvalue weighted by Crippen LogP contribution is -2.48. The lowest BCUT2D eigenvalue weighted by molar-refractivity contribution is -0.385. The molecule has 2 heterocycles. The van der Waals surface area contributed by atoms with Crippen molar-refractivity contribution < 1.29 is 18.1 Å². The van der Waals surface area contributed by atoms with Gasteiger partial charge in [0.2, 0.25) is 5.91 Å². The summed E-state index contributed by atoms with van der Waals surface area (Å²) in [6.07, 6.45) is 0. The van der Waals surface area contributed by atoms with Gasteiger partial charge < -0.3 is 5.73 Å². The van der Waals surface area contributed by atoms with Crippen LogP contribution in [0.1, 0.15) is 15.9 Å². The molecule has 0 aliphatic carbocycles. The number of primary amides is 1. The predicted octanol–water partition coefficient (Wildman–Crippen LogP) is 2.02. The molecular formula is C16H17BrN4O5S2. The second-order valence-corrected chi connectivity index (χ2v) is 10.8. The molecule has 12 heteroatoms. The molecule has 1 aliphatic heterocycles. The Hall–Kier alpha value is -1.86. The van der Waals surface area contributed by atoms with Crippen LogP contribution in [0.3, 0.4) is 0 Å². The summed E-state index contributed by atoms with van der Waals surface area (Å²) in [5, 5.41) is 11.3. The SMILES string of the molecule is NC(=O)c1ccc(CN2CCN(S(=O)(=O)c3ccc(Br)s3)CC2)c([N+](=O)[O-])c1. The van der Waals surface area contributed by atoms with Crippen molar-refractivity contribution in [3.8, 4) is 0 Å². The minimum absolute atomic E-state index is 0.0773. The van der Waals surface area contributed by atoms with Gasteiger partial charge in [0.15, 0.2) is 0 Å². The number of halogens is 1. The number of carbonyl (C=O) groups is 1. The third-order valence-corrected chi connectivity index (χ3v) is 8.42. The average Bonchev–Trinajstić information content (AvgIpc) is 3.09. The van der Waals surface area contributed by atoms with E-state index in [-0.39, 0.29) is 22.0 Å². The van der Waals surface area contributed by atoms with E-state index in [1.165, 1.54) is 22.5 Å². The Morgan fingerprint density at radius 1 is 1.21 bits per heavy atom. The van der Waals surface area contributed by atoms with E-state index in [1.54, 1.807) is 12.1 Å². The molecule has 1 saturated heterocycles. The second kappa shape index (κ2) is 8.25. The first kappa shape index (κ1) is 20.9. The summed E-state index contributed by atoms with van der Waals surface area (Å²) in [5.41, 5.74) is 5.54. The zero-order valence-electron chi connectivity index (χ0n) is 14.6. The summed E-state index contributed by atoms with van der Waals surface area (Å²) < 4.78 is 27.8. The van der Waals surface area contributed by atoms with Gasteiger partial charge in [0.25, 0.3) is 15.7 Å². The average molecular weight is 489 g/mol. The molecule has 150 valence electrons. The maximum Gasteiger partial charge on any atom is 0.274 e. The fourth-order valence-electron chi connectivity index (χ4n) is 2.95. The minimum Gasteiger partial charge on any atom is -0.366 e. The highest BCUT2D eigenvalue weighted by Crippen LogP contribution is 2.29. The van der Waals surface area contributed by atoms with Crippen molar-refractivity contribution in [2.24, 2.45) is 5.73 Å². The molecule has 0 atom stereocenters. The quantitative estimate of drug-likeness (QED) is 0.489. The van der Waals surface area contributed by atoms with Gasteiger partial charge in [-0.25, -0.2) is 8.42 Å². The number of nitro groups is 1. The Balaban J connectivity index is 1.69. The van der Waals surface area contributed by atoms with Crippen LogP contribution >= 0.6 is 27.3 Å². The maximum absolute atomic E-state index is 12.7. The highest BCUT2D eigenvalue weighted by atomic mass is 79.9. The molecule has 9 nitrogen and oxygen atoms in total. The normalized spacial score (nSPS) is 16.2. The number of amides is 1. The Kier molecular flexibility index (Phi) is 6.15. The van der Waals surface area contributed by atoms with Crippen LogP contribution in [-0.2, 0) is 16.6 Å². The van der Waals surface area contributed by atoms with Crippen molar-refractivity contribution in [2.45, 2.75) is 10.8 Å². The third-order valence-electron chi connectivity index (χ3n) is 4.43. The fourth-order valence-corrected chi connectivity index (χ4v) is 6.54. The van der Waals surface area contributed by atoms with Crippen molar-refractivity contribution in [2.75, 3.05) is 26.2 Å². The molecule has 0 unspecified atom stereocenters. The lowest BCUT2D eigenvalue weighted by Gasteiger charge is -2.33. The van der Waals surface area contributed by atoms with E-state index in [0.29, 0.717) is 31.7 Å². The number of nitrogens with zero attached hydrogens (tertiary/aromatic N) is 3. The first-order valence-electron chi connectivity index (χ1n) is 8.23. The van der Waals surface area contributed by atoms with Gasteiger partial charge in [-0.15, -0.1) is 11.3 Å². The van der Waals surface area contributed by atoms with E-state index in [2.05, 4.69) is 15.9 Å². The monoisotopic (exact) mass is 488 g/mol. The highest BCUT2D eigenvalue weighted by Gasteiger charge is 2.30. The molecule has 1 aromatic carbocycles. The van der Waals surface area contributed by atoms with Crippen molar-refractivity contribution in [3.63, 3.8) is 0 Å². The van der Waals surface area contributed by atoms with Crippen LogP contribution in [0.2, 0.25) is 0 Å². The number of thiophene rings is 1. The van der Waals surface area contributed by atoms with Crippen molar-refractivity contribution in [1.29, 1.82) is 0 Å². The number of piperazine rings is 1. The summed E-state index contributed by atoms with van der Waals surface area (Å²) in [6, 6.07) is 7.42. The lowest BCUT2D eigenvalue weighted by atomic mass is 10.1. The summed E-state index contributed by atoms with van der Waals surface area (Å²) in [5.74, 6) is -0.728. The Labute approximate surface area is 174 Å². The van der Waals surface area contributed by atoms with Crippen molar-refractivity contribution in [1.82, 2.24) is 9.21 Å². The number of carbonyl (C=O) groups excluding carboxylic acids is 1. The van der Waals surface area contributed by atoms with Gasteiger partial charge in [0.05, 0.1) is 8.71 Å². The number of sulfonamides is 1. The zero-order chi connectivity index (χ0) is 20.5. The van der Waals surface area contributed by atoms with Gasteiger partial charge in [-0.05, 0) is 34.1 Å². The number of benzene rings is 1. The Bertz CT molecular complexity index is 1020. The summed E-state index contributed by atoms with van der Waals surface area (Å²) in [7, 11) is -3.54. The highest BCUT2D eigenvalue weighted by molar-refractivity contribution is 9.11. The fraction of sp³-hybridized carbons (Fsp3) is 0.312. The van der Waals surface area contributed by atoms with E-state index in [1.807, 2.05) is 4.90 Å². The van der Waals surface area contributed by atoms with Gasteiger partial charge in [-0.1, -0.05) is 6.07 Å². The van der Waals surface area contributed by atoms with E-state index in [0.717, 1.165) is 15.1 Å². The van der Waals surface area contributed by atoms with E-state index in [4.69, 9.17) is 5.73 Å². The molecule has 0 spiro atoms. The molecule has 1 fully saturated rings. The molecular weight excluding hydrogens is 472 g/mol. The zero-order valence-corrected chi connectivity index (χ0v) is 17.8. The number of nitro benzene ring substituents is 1. The maximum atomic E-state index is 12.7. The van der Waals surface area contributed by atoms with Crippen LogP contribution in [0.15, 0.2) is 38.3 Å². The van der Waals surface area contributed by atoms with Crippen molar-refractivity contribution >= 4 is 48.9 Å². The van der Waals surface area contributed by atoms with Gasteiger partial charge in [-0.2, -0.15) is 4.31 Å². The van der Waals surface area contributed by atoms with Crippen LogP contribution in [-0.4, -0.2) is 54.6 Å². The first-order chi connectivity index (χ1) is 13.2. The van der Waals surface area contributed by atoms with E-state index in [9.17, 15) is 23.3 Å². The van der Waals surface area contributed by atoms with Gasteiger partial charge in [-0.3, -0.25) is 19.8 Å². The molecule has 0 saturated carbocycles.